The number of fused-ring (bicyclic) bond motifs is 1. The van der Waals surface area contributed by atoms with E-state index in [0.717, 1.165) is 18.4 Å². The van der Waals surface area contributed by atoms with Gasteiger partial charge in [-0.15, -0.1) is 0 Å². The zero-order valence-corrected chi connectivity index (χ0v) is 12.3. The summed E-state index contributed by atoms with van der Waals surface area (Å²) >= 11 is 0. The summed E-state index contributed by atoms with van der Waals surface area (Å²) in [6.45, 7) is 0.980. The highest BCUT2D eigenvalue weighted by Gasteiger charge is 2.33. The lowest BCUT2D eigenvalue weighted by molar-refractivity contribution is 0.0697. The lowest BCUT2D eigenvalue weighted by Crippen LogP contribution is -2.35. The fourth-order valence-corrected chi connectivity index (χ4v) is 4.62. The average Bonchev–Trinajstić information content (AvgIpc) is 3.05. The molecule has 1 saturated heterocycles. The van der Waals surface area contributed by atoms with Crippen LogP contribution < -0.4 is 4.31 Å². The lowest BCUT2D eigenvalue weighted by atomic mass is 10.1. The SMILES string of the molecule is O=C(O)c1ccc2c(c1)N(S(=O)(=O)CC1CCCO1)CC2. The van der Waals surface area contributed by atoms with Crippen molar-refractivity contribution >= 4 is 21.7 Å². The van der Waals surface area contributed by atoms with E-state index in [1.54, 1.807) is 6.07 Å². The fraction of sp³-hybridized carbons (Fsp3) is 0.500. The first-order valence-corrected chi connectivity index (χ1v) is 8.56. The summed E-state index contributed by atoms with van der Waals surface area (Å²) in [7, 11) is -3.48. The van der Waals surface area contributed by atoms with Gasteiger partial charge in [0.05, 0.1) is 23.1 Å². The summed E-state index contributed by atoms with van der Waals surface area (Å²) in [5.74, 6) is -1.09. The summed E-state index contributed by atoms with van der Waals surface area (Å²) in [5, 5.41) is 9.05. The molecular formula is C14H17NO5S. The molecule has 0 radical (unpaired) electrons. The molecule has 0 aromatic heterocycles. The Morgan fingerprint density at radius 1 is 1.43 bits per heavy atom. The molecule has 2 heterocycles. The molecule has 21 heavy (non-hydrogen) atoms. The second-order valence-electron chi connectivity index (χ2n) is 5.38. The van der Waals surface area contributed by atoms with Gasteiger partial charge in [-0.1, -0.05) is 6.07 Å². The van der Waals surface area contributed by atoms with Crippen molar-refractivity contribution in [1.82, 2.24) is 0 Å². The Balaban J connectivity index is 1.88. The number of aromatic carboxylic acids is 1. The van der Waals surface area contributed by atoms with Crippen LogP contribution in [0.2, 0.25) is 0 Å². The number of carbonyl (C=O) groups is 1. The summed E-state index contributed by atoms with van der Waals surface area (Å²) < 4.78 is 31.8. The molecule has 0 aliphatic carbocycles. The molecule has 1 aromatic rings. The molecule has 0 spiro atoms. The smallest absolute Gasteiger partial charge is 0.335 e. The largest absolute Gasteiger partial charge is 0.478 e. The van der Waals surface area contributed by atoms with Crippen LogP contribution in [0, 0.1) is 0 Å². The highest BCUT2D eigenvalue weighted by Crippen LogP contribution is 2.32. The second kappa shape index (κ2) is 5.31. The van der Waals surface area contributed by atoms with Crippen molar-refractivity contribution in [2.24, 2.45) is 0 Å². The Morgan fingerprint density at radius 3 is 2.90 bits per heavy atom. The maximum atomic E-state index is 12.5. The first-order chi connectivity index (χ1) is 9.97. The number of anilines is 1. The van der Waals surface area contributed by atoms with Crippen molar-refractivity contribution in [3.8, 4) is 0 Å². The van der Waals surface area contributed by atoms with E-state index in [-0.39, 0.29) is 17.4 Å². The average molecular weight is 311 g/mol. The second-order valence-corrected chi connectivity index (χ2v) is 7.32. The number of hydrogen-bond acceptors (Lipinski definition) is 4. The summed E-state index contributed by atoms with van der Waals surface area (Å²) in [5.41, 5.74) is 1.47. The molecule has 2 aliphatic heterocycles. The van der Waals surface area contributed by atoms with Gasteiger partial charge in [-0.05, 0) is 37.0 Å². The molecule has 1 unspecified atom stereocenters. The van der Waals surface area contributed by atoms with Crippen LogP contribution in [0.5, 0.6) is 0 Å². The minimum atomic E-state index is -3.48. The van der Waals surface area contributed by atoms with E-state index >= 15 is 0 Å². The van der Waals surface area contributed by atoms with Crippen LogP contribution in [-0.2, 0) is 21.2 Å². The first kappa shape index (κ1) is 14.3. The zero-order valence-electron chi connectivity index (χ0n) is 11.5. The number of carboxylic acids is 1. The van der Waals surface area contributed by atoms with Gasteiger partial charge in [0.25, 0.3) is 0 Å². The maximum absolute atomic E-state index is 12.5. The van der Waals surface area contributed by atoms with Crippen molar-refractivity contribution in [3.63, 3.8) is 0 Å². The molecule has 6 nitrogen and oxygen atoms in total. The normalized spacial score (nSPS) is 21.5. The van der Waals surface area contributed by atoms with E-state index in [2.05, 4.69) is 0 Å². The number of hydrogen-bond donors (Lipinski definition) is 1. The van der Waals surface area contributed by atoms with Crippen LogP contribution in [0.4, 0.5) is 5.69 Å². The van der Waals surface area contributed by atoms with Gasteiger partial charge in [0.2, 0.25) is 10.0 Å². The van der Waals surface area contributed by atoms with Gasteiger partial charge in [-0.3, -0.25) is 4.31 Å². The fourth-order valence-electron chi connectivity index (χ4n) is 2.87. The maximum Gasteiger partial charge on any atom is 0.335 e. The topological polar surface area (TPSA) is 83.9 Å². The van der Waals surface area contributed by atoms with Gasteiger partial charge < -0.3 is 9.84 Å². The molecule has 2 aliphatic rings. The van der Waals surface area contributed by atoms with E-state index in [0.29, 0.717) is 25.3 Å². The minimum Gasteiger partial charge on any atom is -0.478 e. The molecular weight excluding hydrogens is 294 g/mol. The Bertz CT molecular complexity index is 664. The Morgan fingerprint density at radius 2 is 2.24 bits per heavy atom. The van der Waals surface area contributed by atoms with E-state index in [9.17, 15) is 13.2 Å². The minimum absolute atomic E-state index is 0.0380. The molecule has 7 heteroatoms. The molecule has 0 saturated carbocycles. The number of carboxylic acid groups (broad SMARTS) is 1. The van der Waals surface area contributed by atoms with Crippen LogP contribution in [0.15, 0.2) is 18.2 Å². The number of benzene rings is 1. The third-order valence-corrected chi connectivity index (χ3v) is 5.79. The summed E-state index contributed by atoms with van der Waals surface area (Å²) in [4.78, 5) is 11.0. The van der Waals surface area contributed by atoms with Crippen LogP contribution in [0.3, 0.4) is 0 Å². The molecule has 0 bridgehead atoms. The molecule has 1 aromatic carbocycles. The van der Waals surface area contributed by atoms with Gasteiger partial charge in [0.1, 0.15) is 0 Å². The Hall–Kier alpha value is -1.60. The van der Waals surface area contributed by atoms with E-state index in [1.165, 1.54) is 16.4 Å². The highest BCUT2D eigenvalue weighted by atomic mass is 32.2. The van der Waals surface area contributed by atoms with E-state index < -0.39 is 16.0 Å². The van der Waals surface area contributed by atoms with E-state index in [1.807, 2.05) is 0 Å². The summed E-state index contributed by atoms with van der Waals surface area (Å²) in [6, 6.07) is 4.65. The standard InChI is InChI=1S/C14H17NO5S/c16-14(17)11-4-3-10-5-6-15(13(10)8-11)21(18,19)9-12-2-1-7-20-12/h3-4,8,12H,1-2,5-7,9H2,(H,16,17). The van der Waals surface area contributed by atoms with Crippen LogP contribution in [-0.4, -0.2) is 44.5 Å². The van der Waals surface area contributed by atoms with Gasteiger partial charge in [-0.25, -0.2) is 13.2 Å². The highest BCUT2D eigenvalue weighted by molar-refractivity contribution is 7.92. The number of nitrogens with zero attached hydrogens (tertiary/aromatic N) is 1. The number of ether oxygens (including phenoxy) is 1. The van der Waals surface area contributed by atoms with Crippen molar-refractivity contribution in [2.45, 2.75) is 25.4 Å². The van der Waals surface area contributed by atoms with Crippen molar-refractivity contribution in [1.29, 1.82) is 0 Å². The zero-order chi connectivity index (χ0) is 15.0. The van der Waals surface area contributed by atoms with Gasteiger partial charge >= 0.3 is 5.97 Å². The Labute approximate surface area is 123 Å². The Kier molecular flexibility index (Phi) is 3.62. The predicted octanol–water partition coefficient (Wildman–Crippen LogP) is 1.26. The third kappa shape index (κ3) is 2.75. The van der Waals surface area contributed by atoms with Crippen molar-refractivity contribution < 1.29 is 23.1 Å². The third-order valence-electron chi connectivity index (χ3n) is 3.94. The molecule has 1 fully saturated rings. The number of rotatable bonds is 4. The molecule has 0 amide bonds. The van der Waals surface area contributed by atoms with Gasteiger partial charge in [0.15, 0.2) is 0 Å². The molecule has 1 atom stereocenters. The van der Waals surface area contributed by atoms with E-state index in [4.69, 9.17) is 9.84 Å². The van der Waals surface area contributed by atoms with Crippen molar-refractivity contribution in [2.75, 3.05) is 23.2 Å². The number of sulfonamides is 1. The van der Waals surface area contributed by atoms with Crippen LogP contribution in [0.25, 0.3) is 0 Å². The quantitative estimate of drug-likeness (QED) is 0.905. The van der Waals surface area contributed by atoms with Crippen LogP contribution >= 0.6 is 0 Å². The monoisotopic (exact) mass is 311 g/mol. The van der Waals surface area contributed by atoms with Gasteiger partial charge in [0, 0.05) is 13.2 Å². The predicted molar refractivity (Wildman–Crippen MR) is 77.2 cm³/mol. The van der Waals surface area contributed by atoms with Crippen LogP contribution in [0.1, 0.15) is 28.8 Å². The van der Waals surface area contributed by atoms with Crippen molar-refractivity contribution in [3.05, 3.63) is 29.3 Å². The lowest BCUT2D eigenvalue weighted by Gasteiger charge is -2.21. The first-order valence-electron chi connectivity index (χ1n) is 6.95. The summed E-state index contributed by atoms with van der Waals surface area (Å²) in [6.07, 6.45) is 2.01. The molecule has 3 rings (SSSR count). The molecule has 1 N–H and O–H groups in total. The molecule has 114 valence electrons. The van der Waals surface area contributed by atoms with Gasteiger partial charge in [-0.2, -0.15) is 0 Å².